The van der Waals surface area contributed by atoms with E-state index in [1.165, 1.54) is 12.2 Å². The number of rotatable bonds is 17. The van der Waals surface area contributed by atoms with Crippen LogP contribution in [0.3, 0.4) is 0 Å². The second-order valence-electron chi connectivity index (χ2n) is 13.8. The Morgan fingerprint density at radius 3 is 1.71 bits per heavy atom. The second kappa shape index (κ2) is 21.9. The van der Waals surface area contributed by atoms with Crippen molar-refractivity contribution >= 4 is 29.7 Å². The number of halogens is 4. The highest BCUT2D eigenvalue weighted by molar-refractivity contribution is 5.95. The fourth-order valence-electron chi connectivity index (χ4n) is 6.52. The van der Waals surface area contributed by atoms with Gasteiger partial charge < -0.3 is 21.3 Å². The molecule has 3 aromatic carbocycles. The number of hydrogen-bond acceptors (Lipinski definition) is 4. The van der Waals surface area contributed by atoms with E-state index in [4.69, 9.17) is 0 Å². The van der Waals surface area contributed by atoms with Crippen LogP contribution >= 0.6 is 0 Å². The summed E-state index contributed by atoms with van der Waals surface area (Å²) in [4.78, 5) is 51.8. The Hall–Kier alpha value is -5.78. The summed E-state index contributed by atoms with van der Waals surface area (Å²) >= 11 is 0. The maximum atomic E-state index is 13.9. The largest absolute Gasteiger partial charge is 0.351 e. The summed E-state index contributed by atoms with van der Waals surface area (Å²) in [5.74, 6) is -4.77. The number of carbonyl (C=O) groups is 4. The van der Waals surface area contributed by atoms with Crippen molar-refractivity contribution in [2.24, 2.45) is 11.8 Å². The van der Waals surface area contributed by atoms with Crippen molar-refractivity contribution in [2.45, 2.75) is 64.5 Å². The number of carbonyl (C=O) groups excluding carboxylic acids is 4. The van der Waals surface area contributed by atoms with Gasteiger partial charge in [-0.3, -0.25) is 19.2 Å². The van der Waals surface area contributed by atoms with Gasteiger partial charge in [-0.15, -0.1) is 0 Å². The van der Waals surface area contributed by atoms with Crippen molar-refractivity contribution in [2.75, 3.05) is 13.1 Å². The molecule has 296 valence electrons. The van der Waals surface area contributed by atoms with Gasteiger partial charge in [0.25, 0.3) is 0 Å². The fraction of sp³-hybridized carbons (Fsp3) is 0.318. The molecule has 0 aromatic heterocycles. The molecule has 3 aromatic rings. The lowest BCUT2D eigenvalue weighted by Crippen LogP contribution is -2.47. The lowest BCUT2D eigenvalue weighted by atomic mass is 9.78. The summed E-state index contributed by atoms with van der Waals surface area (Å²) in [6, 6.07) is 13.0. The minimum absolute atomic E-state index is 0.0957. The third-order valence-corrected chi connectivity index (χ3v) is 9.48. The van der Waals surface area contributed by atoms with E-state index in [-0.39, 0.29) is 48.9 Å². The van der Waals surface area contributed by atoms with Crippen LogP contribution in [0.1, 0.15) is 56.2 Å². The molecule has 12 heteroatoms. The summed E-state index contributed by atoms with van der Waals surface area (Å²) in [5.41, 5.74) is 2.31. The molecule has 0 unspecified atom stereocenters. The first-order valence-corrected chi connectivity index (χ1v) is 18.6. The number of allylic oxidation sites excluding steroid dienone is 3. The van der Waals surface area contributed by atoms with Gasteiger partial charge in [-0.05, 0) is 104 Å². The van der Waals surface area contributed by atoms with E-state index in [0.717, 1.165) is 73.2 Å². The van der Waals surface area contributed by atoms with Gasteiger partial charge in [0, 0.05) is 44.1 Å². The number of benzene rings is 3. The predicted octanol–water partition coefficient (Wildman–Crippen LogP) is 6.83. The minimum Gasteiger partial charge on any atom is -0.351 e. The van der Waals surface area contributed by atoms with Gasteiger partial charge in [0.2, 0.25) is 23.6 Å². The van der Waals surface area contributed by atoms with Crippen molar-refractivity contribution in [3.63, 3.8) is 0 Å². The molecule has 0 aliphatic heterocycles. The van der Waals surface area contributed by atoms with Crippen LogP contribution in [0, 0.1) is 35.1 Å². The second-order valence-corrected chi connectivity index (χ2v) is 13.8. The Kier molecular flexibility index (Phi) is 16.8. The molecule has 0 spiro atoms. The first-order valence-electron chi connectivity index (χ1n) is 18.6. The molecule has 8 nitrogen and oxygen atoms in total. The summed E-state index contributed by atoms with van der Waals surface area (Å²) in [6.45, 7) is 4.20. The quantitative estimate of drug-likeness (QED) is 0.0685. The van der Waals surface area contributed by atoms with E-state index in [1.54, 1.807) is 25.2 Å². The van der Waals surface area contributed by atoms with Crippen LogP contribution in [0.15, 0.2) is 109 Å². The van der Waals surface area contributed by atoms with Gasteiger partial charge in [0.1, 0.15) is 35.4 Å². The Morgan fingerprint density at radius 2 is 1.20 bits per heavy atom. The van der Waals surface area contributed by atoms with Crippen molar-refractivity contribution < 1.29 is 36.7 Å². The third-order valence-electron chi connectivity index (χ3n) is 9.48. The molecular formula is C44H48F4N4O4. The average Bonchev–Trinajstić information content (AvgIpc) is 3.15. The minimum atomic E-state index is -1.09. The third kappa shape index (κ3) is 14.8. The van der Waals surface area contributed by atoms with E-state index < -0.39 is 59.0 Å². The Bertz CT molecular complexity index is 1900. The number of amides is 4. The first-order chi connectivity index (χ1) is 26.9. The highest BCUT2D eigenvalue weighted by atomic mass is 19.1. The van der Waals surface area contributed by atoms with Crippen LogP contribution in [-0.2, 0) is 32.0 Å². The lowest BCUT2D eigenvalue weighted by molar-refractivity contribution is -0.127. The maximum absolute atomic E-state index is 13.9. The predicted molar refractivity (Wildman–Crippen MR) is 209 cm³/mol. The van der Waals surface area contributed by atoms with E-state index in [0.29, 0.717) is 0 Å². The topological polar surface area (TPSA) is 116 Å². The van der Waals surface area contributed by atoms with Gasteiger partial charge in [-0.25, -0.2) is 17.6 Å². The van der Waals surface area contributed by atoms with Gasteiger partial charge in [-0.2, -0.15) is 0 Å². The molecule has 1 fully saturated rings. The van der Waals surface area contributed by atoms with Crippen LogP contribution < -0.4 is 21.3 Å². The lowest BCUT2D eigenvalue weighted by Gasteiger charge is -2.27. The molecule has 1 saturated carbocycles. The average molecular weight is 773 g/mol. The summed E-state index contributed by atoms with van der Waals surface area (Å²) in [6.07, 6.45) is 14.6. The van der Waals surface area contributed by atoms with Crippen LogP contribution in [-0.4, -0.2) is 48.8 Å². The van der Waals surface area contributed by atoms with E-state index in [9.17, 15) is 36.7 Å². The summed E-state index contributed by atoms with van der Waals surface area (Å²) in [5, 5.41) is 10.8. The summed E-state index contributed by atoms with van der Waals surface area (Å²) in [7, 11) is 0. The smallest absolute Gasteiger partial charge is 0.244 e. The molecule has 4 N–H and O–H groups in total. The van der Waals surface area contributed by atoms with Crippen LogP contribution in [0.2, 0.25) is 0 Å². The van der Waals surface area contributed by atoms with Gasteiger partial charge in [-0.1, -0.05) is 60.2 Å². The number of hydrogen-bond donors (Lipinski definition) is 4. The maximum Gasteiger partial charge on any atom is 0.244 e. The van der Waals surface area contributed by atoms with Crippen molar-refractivity contribution in [1.82, 2.24) is 21.3 Å². The normalized spacial score (nSPS) is 17.1. The van der Waals surface area contributed by atoms with E-state index in [1.807, 2.05) is 49.4 Å². The molecule has 56 heavy (non-hydrogen) atoms. The van der Waals surface area contributed by atoms with Crippen molar-refractivity contribution in [3.8, 4) is 0 Å². The monoisotopic (exact) mass is 772 g/mol. The fourth-order valence-corrected chi connectivity index (χ4v) is 6.52. The zero-order chi connectivity index (χ0) is 40.5. The molecule has 4 amide bonds. The van der Waals surface area contributed by atoms with Gasteiger partial charge >= 0.3 is 0 Å². The molecule has 2 atom stereocenters. The molecular weight excluding hydrogens is 724 g/mol. The standard InChI is InChI=1S/C44H48F4N4O4/c1-3-4-19-49-43(55)39(25-32-21-35(45)27-36(46)22-32)51-42(54)17-13-31-10-14-34(15-11-31)29(2)18-20-50-44(56)40(26-33-23-37(47)28-38(48)24-33)52-41(53)16-12-30-8-6-5-7-9-30/h3-9,12-13,16-18,21-24,27-28,31,34,39-40H,10-11,14-15,19-20,25-26H2,1-2H3,(H,49,55)(H,50,56)(H,51,54)(H,52,53)/b4-3-,16-12+,17-13+,29-18+/t31?,34?,39-,40-/m0/s1. The van der Waals surface area contributed by atoms with Crippen molar-refractivity contribution in [3.05, 3.63) is 149 Å². The number of nitrogens with one attached hydrogen (secondary N) is 4. The van der Waals surface area contributed by atoms with Crippen LogP contribution in [0.4, 0.5) is 17.6 Å². The SMILES string of the molecule is C/C=C\CNC(=O)[C@H](Cc1cc(F)cc(F)c1)NC(=O)/C=C/C1CCC(/C(C)=C/CNC(=O)[C@H](Cc2cc(F)cc(F)c2)NC(=O)/C=C/c2ccccc2)CC1. The van der Waals surface area contributed by atoms with Crippen LogP contribution in [0.5, 0.6) is 0 Å². The first kappa shape index (κ1) is 43.0. The van der Waals surface area contributed by atoms with Crippen LogP contribution in [0.25, 0.3) is 6.08 Å². The Morgan fingerprint density at radius 1 is 0.696 bits per heavy atom. The molecule has 0 radical (unpaired) electrons. The van der Waals surface area contributed by atoms with E-state index >= 15 is 0 Å². The Labute approximate surface area is 325 Å². The zero-order valence-electron chi connectivity index (χ0n) is 31.5. The zero-order valence-corrected chi connectivity index (χ0v) is 31.5. The highest BCUT2D eigenvalue weighted by Gasteiger charge is 2.24. The molecule has 0 heterocycles. The van der Waals surface area contributed by atoms with Crippen molar-refractivity contribution in [1.29, 1.82) is 0 Å². The highest BCUT2D eigenvalue weighted by Crippen LogP contribution is 2.33. The summed E-state index contributed by atoms with van der Waals surface area (Å²) < 4.78 is 55.5. The molecule has 1 aliphatic rings. The molecule has 0 saturated heterocycles. The molecule has 1 aliphatic carbocycles. The van der Waals surface area contributed by atoms with E-state index in [2.05, 4.69) is 21.3 Å². The molecule has 0 bridgehead atoms. The van der Waals surface area contributed by atoms with Gasteiger partial charge in [0.05, 0.1) is 0 Å². The molecule has 4 rings (SSSR count). The Balaban J connectivity index is 1.29. The van der Waals surface area contributed by atoms with Gasteiger partial charge in [0.15, 0.2) is 0 Å².